The van der Waals surface area contributed by atoms with Gasteiger partial charge in [-0.3, -0.25) is 14.5 Å². The van der Waals surface area contributed by atoms with Crippen LogP contribution in [0.25, 0.3) is 16.8 Å². The lowest BCUT2D eigenvalue weighted by atomic mass is 10.1. The highest BCUT2D eigenvalue weighted by molar-refractivity contribution is 5.93. The second-order valence-electron chi connectivity index (χ2n) is 7.11. The number of hydrogen-bond acceptors (Lipinski definition) is 5. The fraction of sp³-hybridized carbons (Fsp3) is 0.273. The Morgan fingerprint density at radius 2 is 2.03 bits per heavy atom. The molecule has 32 heavy (non-hydrogen) atoms. The molecule has 3 amide bonds. The lowest BCUT2D eigenvalue weighted by Gasteiger charge is -2.14. The number of imidazole rings is 1. The highest BCUT2D eigenvalue weighted by atomic mass is 19.1. The molecule has 3 aromatic rings. The molecule has 1 aliphatic heterocycles. The van der Waals surface area contributed by atoms with E-state index in [9.17, 15) is 18.8 Å². The van der Waals surface area contributed by atoms with Crippen molar-refractivity contribution < 1.29 is 23.5 Å². The predicted octanol–water partition coefficient (Wildman–Crippen LogP) is 2.60. The van der Waals surface area contributed by atoms with Gasteiger partial charge in [0.1, 0.15) is 23.3 Å². The van der Waals surface area contributed by atoms with Crippen LogP contribution in [0.1, 0.15) is 24.8 Å². The highest BCUT2D eigenvalue weighted by Crippen LogP contribution is 2.29. The average Bonchev–Trinajstić information content (AvgIpc) is 3.34. The van der Waals surface area contributed by atoms with E-state index >= 15 is 0 Å². The SMILES string of the molecule is C.CNC(=O)c1cn2cc(-c3ccc(N4C[C@H](CNC(C)=O)OC4=O)cc3F)ccc2n1. The number of ether oxygens (including phenoxy) is 1. The third-order valence-electron chi connectivity index (χ3n) is 4.94. The standard InChI is InChI=1S/C21H20FN5O4.CH4/c1-12(28)24-8-15-10-27(21(30)31-15)14-4-5-16(17(22)7-14)13-3-6-19-25-18(20(29)23-2)11-26(19)9-13;/h3-7,9,11,15H,8,10H2,1-2H3,(H,23,29)(H,24,28);1H4/t15-;/m0./s1. The predicted molar refractivity (Wildman–Crippen MR) is 117 cm³/mol. The third kappa shape index (κ3) is 4.39. The van der Waals surface area contributed by atoms with E-state index in [1.807, 2.05) is 0 Å². The van der Waals surface area contributed by atoms with Gasteiger partial charge in [-0.2, -0.15) is 0 Å². The quantitative estimate of drug-likeness (QED) is 0.633. The van der Waals surface area contributed by atoms with E-state index in [0.717, 1.165) is 0 Å². The van der Waals surface area contributed by atoms with Crippen LogP contribution in [-0.4, -0.2) is 53.5 Å². The van der Waals surface area contributed by atoms with Crippen molar-refractivity contribution in [1.82, 2.24) is 20.0 Å². The highest BCUT2D eigenvalue weighted by Gasteiger charge is 2.32. The fourth-order valence-electron chi connectivity index (χ4n) is 3.39. The van der Waals surface area contributed by atoms with Gasteiger partial charge in [0.25, 0.3) is 5.91 Å². The first-order valence-corrected chi connectivity index (χ1v) is 9.59. The summed E-state index contributed by atoms with van der Waals surface area (Å²) < 4.78 is 21.8. The number of cyclic esters (lactones) is 1. The van der Waals surface area contributed by atoms with E-state index < -0.39 is 18.0 Å². The molecule has 10 heteroatoms. The lowest BCUT2D eigenvalue weighted by Crippen LogP contribution is -2.33. The third-order valence-corrected chi connectivity index (χ3v) is 4.94. The summed E-state index contributed by atoms with van der Waals surface area (Å²) in [5, 5.41) is 5.11. The van der Waals surface area contributed by atoms with Crippen molar-refractivity contribution in [3.05, 3.63) is 54.2 Å². The zero-order chi connectivity index (χ0) is 22.1. The van der Waals surface area contributed by atoms with Gasteiger partial charge in [0.2, 0.25) is 5.91 Å². The van der Waals surface area contributed by atoms with Crippen LogP contribution in [0.15, 0.2) is 42.7 Å². The van der Waals surface area contributed by atoms with Crippen LogP contribution >= 0.6 is 0 Å². The minimum atomic E-state index is -0.593. The molecule has 1 saturated heterocycles. The molecule has 2 N–H and O–H groups in total. The summed E-state index contributed by atoms with van der Waals surface area (Å²) in [6, 6.07) is 7.89. The molecule has 1 aliphatic rings. The summed E-state index contributed by atoms with van der Waals surface area (Å²) in [6.45, 7) is 1.78. The zero-order valence-corrected chi connectivity index (χ0v) is 16.9. The minimum absolute atomic E-state index is 0. The van der Waals surface area contributed by atoms with Crippen molar-refractivity contribution in [1.29, 1.82) is 0 Å². The maximum Gasteiger partial charge on any atom is 0.414 e. The minimum Gasteiger partial charge on any atom is -0.442 e. The van der Waals surface area contributed by atoms with Gasteiger partial charge in [-0.25, -0.2) is 14.2 Å². The van der Waals surface area contributed by atoms with Crippen molar-refractivity contribution in [3.8, 4) is 11.1 Å². The fourth-order valence-corrected chi connectivity index (χ4v) is 3.39. The van der Waals surface area contributed by atoms with Crippen LogP contribution < -0.4 is 15.5 Å². The topological polar surface area (TPSA) is 105 Å². The van der Waals surface area contributed by atoms with Crippen LogP contribution in [0, 0.1) is 5.82 Å². The van der Waals surface area contributed by atoms with E-state index in [-0.39, 0.29) is 38.0 Å². The van der Waals surface area contributed by atoms with Gasteiger partial charge < -0.3 is 19.8 Å². The van der Waals surface area contributed by atoms with Crippen molar-refractivity contribution in [2.24, 2.45) is 0 Å². The first kappa shape index (κ1) is 22.7. The number of amides is 3. The smallest absolute Gasteiger partial charge is 0.414 e. The first-order valence-electron chi connectivity index (χ1n) is 9.59. The van der Waals surface area contributed by atoms with Crippen molar-refractivity contribution in [2.45, 2.75) is 20.5 Å². The molecule has 3 heterocycles. The molecule has 0 saturated carbocycles. The Balaban J connectivity index is 0.00000289. The van der Waals surface area contributed by atoms with Crippen molar-refractivity contribution in [2.75, 3.05) is 25.0 Å². The summed E-state index contributed by atoms with van der Waals surface area (Å²) in [6.07, 6.45) is 2.15. The summed E-state index contributed by atoms with van der Waals surface area (Å²) in [5.41, 5.74) is 2.11. The van der Waals surface area contributed by atoms with E-state index in [0.29, 0.717) is 22.5 Å². The molecule has 1 fully saturated rings. The number of anilines is 1. The van der Waals surface area contributed by atoms with Gasteiger partial charge in [-0.1, -0.05) is 7.43 Å². The second kappa shape index (κ2) is 9.04. The first-order chi connectivity index (χ1) is 14.9. The summed E-state index contributed by atoms with van der Waals surface area (Å²) >= 11 is 0. The van der Waals surface area contributed by atoms with Crippen LogP contribution in [0.5, 0.6) is 0 Å². The number of nitrogens with one attached hydrogen (secondary N) is 2. The number of rotatable bonds is 5. The van der Waals surface area contributed by atoms with Crippen LogP contribution in [0.3, 0.4) is 0 Å². The Kier molecular flexibility index (Phi) is 6.42. The number of aromatic nitrogens is 2. The molecule has 1 aromatic carbocycles. The molecule has 1 atom stereocenters. The van der Waals surface area contributed by atoms with Crippen LogP contribution in [-0.2, 0) is 9.53 Å². The molecule has 0 unspecified atom stereocenters. The van der Waals surface area contributed by atoms with Gasteiger partial charge in [0.05, 0.1) is 18.8 Å². The van der Waals surface area contributed by atoms with Crippen LogP contribution in [0.4, 0.5) is 14.9 Å². The van der Waals surface area contributed by atoms with E-state index in [2.05, 4.69) is 15.6 Å². The van der Waals surface area contributed by atoms with E-state index in [1.54, 1.807) is 41.1 Å². The van der Waals surface area contributed by atoms with Gasteiger partial charge >= 0.3 is 6.09 Å². The number of fused-ring (bicyclic) bond motifs is 1. The average molecular weight is 441 g/mol. The molecule has 4 rings (SSSR count). The van der Waals surface area contributed by atoms with Crippen LogP contribution in [0.2, 0.25) is 0 Å². The Hall–Kier alpha value is -3.95. The molecule has 0 spiro atoms. The number of carbonyl (C=O) groups excluding carboxylic acids is 3. The van der Waals surface area contributed by atoms with Gasteiger partial charge in [-0.15, -0.1) is 0 Å². The molecular formula is C22H24FN5O4. The molecule has 0 radical (unpaired) electrons. The number of benzene rings is 1. The molecule has 0 aliphatic carbocycles. The summed E-state index contributed by atoms with van der Waals surface area (Å²) in [5.74, 6) is -1.04. The number of hydrogen-bond donors (Lipinski definition) is 2. The van der Waals surface area contributed by atoms with E-state index in [4.69, 9.17) is 4.74 Å². The number of carbonyl (C=O) groups is 3. The second-order valence-corrected chi connectivity index (χ2v) is 7.11. The Bertz CT molecular complexity index is 1190. The summed E-state index contributed by atoms with van der Waals surface area (Å²) in [7, 11) is 1.52. The molecular weight excluding hydrogens is 417 g/mol. The number of pyridine rings is 1. The van der Waals surface area contributed by atoms with Gasteiger partial charge in [-0.05, 0) is 30.3 Å². The summed E-state index contributed by atoms with van der Waals surface area (Å²) in [4.78, 5) is 40.5. The molecule has 0 bridgehead atoms. The van der Waals surface area contributed by atoms with E-state index in [1.165, 1.54) is 24.9 Å². The monoisotopic (exact) mass is 441 g/mol. The maximum atomic E-state index is 14.9. The maximum absolute atomic E-state index is 14.9. The molecule has 168 valence electrons. The normalized spacial score (nSPS) is 15.3. The number of nitrogens with zero attached hydrogens (tertiary/aromatic N) is 3. The van der Waals surface area contributed by atoms with Crippen molar-refractivity contribution >= 4 is 29.2 Å². The Labute approximate surface area is 184 Å². The molecule has 2 aromatic heterocycles. The Morgan fingerprint density at radius 3 is 2.72 bits per heavy atom. The van der Waals surface area contributed by atoms with Gasteiger partial charge in [0, 0.05) is 37.5 Å². The zero-order valence-electron chi connectivity index (χ0n) is 16.9. The molecule has 9 nitrogen and oxygen atoms in total. The van der Waals surface area contributed by atoms with Gasteiger partial charge in [0.15, 0.2) is 0 Å². The number of halogens is 1. The van der Waals surface area contributed by atoms with Crippen molar-refractivity contribution in [3.63, 3.8) is 0 Å². The lowest BCUT2D eigenvalue weighted by molar-refractivity contribution is -0.119. The largest absolute Gasteiger partial charge is 0.442 e. The Morgan fingerprint density at radius 1 is 1.25 bits per heavy atom.